The van der Waals surface area contributed by atoms with E-state index in [-0.39, 0.29) is 17.9 Å². The maximum atomic E-state index is 13.4. The van der Waals surface area contributed by atoms with Gasteiger partial charge in [-0.3, -0.25) is 9.59 Å². The van der Waals surface area contributed by atoms with Gasteiger partial charge in [0.2, 0.25) is 5.89 Å². The zero-order valence-corrected chi connectivity index (χ0v) is 18.7. The van der Waals surface area contributed by atoms with E-state index in [1.54, 1.807) is 17.2 Å². The molecule has 0 aliphatic carbocycles. The summed E-state index contributed by atoms with van der Waals surface area (Å²) in [5.41, 5.74) is 3.33. The van der Waals surface area contributed by atoms with Crippen LogP contribution >= 0.6 is 0 Å². The Morgan fingerprint density at radius 3 is 2.42 bits per heavy atom. The van der Waals surface area contributed by atoms with Crippen molar-refractivity contribution in [3.8, 4) is 22.8 Å². The molecule has 3 heterocycles. The maximum absolute atomic E-state index is 13.4. The summed E-state index contributed by atoms with van der Waals surface area (Å²) in [5.74, 6) is 1.04. The van der Waals surface area contributed by atoms with Gasteiger partial charge in [0.15, 0.2) is 5.76 Å². The highest BCUT2D eigenvalue weighted by atomic mass is 16.5. The van der Waals surface area contributed by atoms with Crippen LogP contribution in [0.2, 0.25) is 0 Å². The van der Waals surface area contributed by atoms with Gasteiger partial charge in [-0.2, -0.15) is 0 Å². The first kappa shape index (κ1) is 21.4. The number of carbonyl (C=O) groups excluding carboxylic acids is 2. The fourth-order valence-electron chi connectivity index (χ4n) is 4.38. The number of oxazole rings is 1. The number of hydrogen-bond acceptors (Lipinski definition) is 5. The third kappa shape index (κ3) is 4.41. The van der Waals surface area contributed by atoms with E-state index in [9.17, 15) is 9.59 Å². The Kier molecular flexibility index (Phi) is 5.96. The fourth-order valence-corrected chi connectivity index (χ4v) is 4.38. The third-order valence-electron chi connectivity index (χ3n) is 6.31. The average molecular weight is 446 g/mol. The first-order chi connectivity index (χ1) is 16.1. The van der Waals surface area contributed by atoms with E-state index in [2.05, 4.69) is 4.98 Å². The normalized spacial score (nSPS) is 18.5. The molecule has 0 saturated carbocycles. The van der Waals surface area contributed by atoms with Crippen molar-refractivity contribution >= 4 is 11.8 Å². The van der Waals surface area contributed by atoms with E-state index >= 15 is 0 Å². The summed E-state index contributed by atoms with van der Waals surface area (Å²) in [5, 5.41) is 0. The lowest BCUT2D eigenvalue weighted by Gasteiger charge is -2.36. The monoisotopic (exact) mass is 445 g/mol. The van der Waals surface area contributed by atoms with E-state index in [0.29, 0.717) is 55.6 Å². The number of piperazine rings is 1. The van der Waals surface area contributed by atoms with Crippen molar-refractivity contribution in [2.24, 2.45) is 0 Å². The number of ether oxygens (including phenoxy) is 1. The largest absolute Gasteiger partial charge is 0.436 e. The van der Waals surface area contributed by atoms with Crippen LogP contribution in [0.4, 0.5) is 0 Å². The molecule has 2 amide bonds. The summed E-state index contributed by atoms with van der Waals surface area (Å²) in [4.78, 5) is 34.0. The first-order valence-corrected chi connectivity index (χ1v) is 11.4. The Bertz CT molecular complexity index is 1140. The summed E-state index contributed by atoms with van der Waals surface area (Å²) in [6, 6.07) is 15.4. The molecule has 2 aliphatic rings. The molecule has 7 heteroatoms. The number of aryl methyl sites for hydroxylation is 1. The molecule has 170 valence electrons. The summed E-state index contributed by atoms with van der Waals surface area (Å²) in [6.45, 7) is 4.71. The second-order valence-electron chi connectivity index (χ2n) is 8.56. The van der Waals surface area contributed by atoms with Gasteiger partial charge in [0.05, 0.1) is 11.8 Å². The molecule has 7 nitrogen and oxygen atoms in total. The van der Waals surface area contributed by atoms with Gasteiger partial charge in [-0.1, -0.05) is 42.0 Å². The van der Waals surface area contributed by atoms with Crippen molar-refractivity contribution in [3.63, 3.8) is 0 Å². The molecule has 5 rings (SSSR count). The average Bonchev–Trinajstić information content (AvgIpc) is 3.57. The molecule has 33 heavy (non-hydrogen) atoms. The SMILES string of the molecule is Cc1ccc(-c2cnc(-c3ccccc3C(=O)N3CCN(C(=O)C4CCCO4)CC3)o2)cc1. The number of rotatable bonds is 4. The lowest BCUT2D eigenvalue weighted by atomic mass is 10.1. The summed E-state index contributed by atoms with van der Waals surface area (Å²) < 4.78 is 11.6. The minimum atomic E-state index is -0.319. The van der Waals surface area contributed by atoms with Crippen LogP contribution in [0.3, 0.4) is 0 Å². The lowest BCUT2D eigenvalue weighted by Crippen LogP contribution is -2.52. The molecule has 1 aromatic heterocycles. The summed E-state index contributed by atoms with van der Waals surface area (Å²) in [7, 11) is 0. The Balaban J connectivity index is 1.31. The van der Waals surface area contributed by atoms with Crippen LogP contribution in [0.1, 0.15) is 28.8 Å². The van der Waals surface area contributed by atoms with Gasteiger partial charge >= 0.3 is 0 Å². The van der Waals surface area contributed by atoms with Gasteiger partial charge in [0.25, 0.3) is 11.8 Å². The Morgan fingerprint density at radius 2 is 1.70 bits per heavy atom. The molecule has 2 aliphatic heterocycles. The molecule has 0 radical (unpaired) electrons. The van der Waals surface area contributed by atoms with Crippen molar-refractivity contribution in [1.82, 2.24) is 14.8 Å². The van der Waals surface area contributed by atoms with Gasteiger partial charge < -0.3 is 19.0 Å². The van der Waals surface area contributed by atoms with Gasteiger partial charge in [-0.05, 0) is 31.9 Å². The molecule has 1 unspecified atom stereocenters. The third-order valence-corrected chi connectivity index (χ3v) is 6.31. The van der Waals surface area contributed by atoms with Crippen molar-refractivity contribution in [2.75, 3.05) is 32.8 Å². The quantitative estimate of drug-likeness (QED) is 0.611. The van der Waals surface area contributed by atoms with Crippen LogP contribution in [-0.4, -0.2) is 65.5 Å². The maximum Gasteiger partial charge on any atom is 0.254 e. The van der Waals surface area contributed by atoms with Crippen molar-refractivity contribution < 1.29 is 18.7 Å². The molecule has 0 N–H and O–H groups in total. The molecule has 1 atom stereocenters. The number of hydrogen-bond donors (Lipinski definition) is 0. The molecular formula is C26H27N3O4. The zero-order chi connectivity index (χ0) is 22.8. The van der Waals surface area contributed by atoms with E-state index in [1.165, 1.54) is 5.56 Å². The van der Waals surface area contributed by atoms with E-state index in [4.69, 9.17) is 9.15 Å². The zero-order valence-electron chi connectivity index (χ0n) is 18.7. The molecule has 2 saturated heterocycles. The van der Waals surface area contributed by atoms with Crippen LogP contribution in [0.15, 0.2) is 59.1 Å². The highest BCUT2D eigenvalue weighted by Gasteiger charge is 2.32. The predicted octanol–water partition coefficient (Wildman–Crippen LogP) is 3.78. The topological polar surface area (TPSA) is 75.9 Å². The minimum absolute atomic E-state index is 0.0448. The van der Waals surface area contributed by atoms with Crippen LogP contribution in [0, 0.1) is 6.92 Å². The van der Waals surface area contributed by atoms with Crippen molar-refractivity contribution in [3.05, 3.63) is 65.9 Å². The van der Waals surface area contributed by atoms with Crippen molar-refractivity contribution in [2.45, 2.75) is 25.9 Å². The Morgan fingerprint density at radius 1 is 0.970 bits per heavy atom. The first-order valence-electron chi connectivity index (χ1n) is 11.4. The van der Waals surface area contributed by atoms with Gasteiger partial charge in [0, 0.05) is 43.9 Å². The van der Waals surface area contributed by atoms with Crippen LogP contribution < -0.4 is 0 Å². The summed E-state index contributed by atoms with van der Waals surface area (Å²) in [6.07, 6.45) is 3.08. The molecular weight excluding hydrogens is 418 g/mol. The number of nitrogens with zero attached hydrogens (tertiary/aromatic N) is 3. The number of benzene rings is 2. The highest BCUT2D eigenvalue weighted by Crippen LogP contribution is 2.29. The smallest absolute Gasteiger partial charge is 0.254 e. The second-order valence-corrected chi connectivity index (χ2v) is 8.56. The Labute approximate surface area is 193 Å². The van der Waals surface area contributed by atoms with Crippen LogP contribution in [0.5, 0.6) is 0 Å². The highest BCUT2D eigenvalue weighted by molar-refractivity contribution is 6.00. The molecule has 3 aromatic rings. The van der Waals surface area contributed by atoms with Gasteiger partial charge in [-0.25, -0.2) is 4.98 Å². The van der Waals surface area contributed by atoms with E-state index in [1.807, 2.05) is 54.3 Å². The number of aromatic nitrogens is 1. The molecule has 0 spiro atoms. The molecule has 0 bridgehead atoms. The van der Waals surface area contributed by atoms with Crippen LogP contribution in [0.25, 0.3) is 22.8 Å². The van der Waals surface area contributed by atoms with E-state index in [0.717, 1.165) is 18.4 Å². The number of carbonyl (C=O) groups is 2. The predicted molar refractivity (Wildman–Crippen MR) is 124 cm³/mol. The number of amides is 2. The van der Waals surface area contributed by atoms with Gasteiger partial charge in [0.1, 0.15) is 6.10 Å². The molecule has 2 fully saturated rings. The standard InChI is InChI=1S/C26H27N3O4/c1-18-8-10-19(11-9-18)23-17-27-24(33-23)20-5-2-3-6-21(20)25(30)28-12-14-29(15-13-28)26(31)22-7-4-16-32-22/h2-3,5-6,8-11,17,22H,4,7,12-16H2,1H3. The van der Waals surface area contributed by atoms with Gasteiger partial charge in [-0.15, -0.1) is 0 Å². The van der Waals surface area contributed by atoms with Crippen LogP contribution in [-0.2, 0) is 9.53 Å². The molecule has 2 aromatic carbocycles. The summed E-state index contributed by atoms with van der Waals surface area (Å²) >= 11 is 0. The fraction of sp³-hybridized carbons (Fsp3) is 0.346. The minimum Gasteiger partial charge on any atom is -0.436 e. The van der Waals surface area contributed by atoms with Crippen molar-refractivity contribution in [1.29, 1.82) is 0 Å². The van der Waals surface area contributed by atoms with E-state index < -0.39 is 0 Å². The lowest BCUT2D eigenvalue weighted by molar-refractivity contribution is -0.142. The Hall–Kier alpha value is -3.45. The second kappa shape index (κ2) is 9.19.